The number of nitrogens with two attached hydrogens (primary N) is 1. The van der Waals surface area contributed by atoms with Crippen molar-refractivity contribution in [3.8, 4) is 0 Å². The normalized spacial score (nSPS) is 12.1. The standard InChI is InChI=1S/C20H33N5O5S/c1-13-12-16(24-18(21)22-13)31-11-9-15(26)23-14(17(27)29-6)8-7-10-25(5)19(28)30-20(2,3)4/h12,14H,7-11H2,1-6H3,(H,23,26)(H2,21,22,24)/t14-/m0/s1. The van der Waals surface area contributed by atoms with E-state index >= 15 is 0 Å². The summed E-state index contributed by atoms with van der Waals surface area (Å²) in [5.74, 6) is -0.145. The number of thioether (sulfide) groups is 1. The number of aromatic nitrogens is 2. The van der Waals surface area contributed by atoms with Gasteiger partial charge in [0.05, 0.1) is 7.11 Å². The highest BCUT2D eigenvalue weighted by molar-refractivity contribution is 7.99. The maximum absolute atomic E-state index is 12.3. The first-order chi connectivity index (χ1) is 14.4. The van der Waals surface area contributed by atoms with E-state index in [1.54, 1.807) is 33.9 Å². The number of nitrogens with zero attached hydrogens (tertiary/aromatic N) is 3. The van der Waals surface area contributed by atoms with Gasteiger partial charge >= 0.3 is 12.1 Å². The lowest BCUT2D eigenvalue weighted by Gasteiger charge is -2.25. The van der Waals surface area contributed by atoms with Gasteiger partial charge in [-0.15, -0.1) is 11.8 Å². The summed E-state index contributed by atoms with van der Waals surface area (Å²) < 4.78 is 10.1. The van der Waals surface area contributed by atoms with Gasteiger partial charge in [-0.1, -0.05) is 0 Å². The van der Waals surface area contributed by atoms with Crippen molar-refractivity contribution in [2.24, 2.45) is 0 Å². The molecule has 10 nitrogen and oxygen atoms in total. The van der Waals surface area contributed by atoms with Crippen LogP contribution in [0.5, 0.6) is 0 Å². The second-order valence-electron chi connectivity index (χ2n) is 7.99. The molecule has 0 spiro atoms. The lowest BCUT2D eigenvalue weighted by atomic mass is 10.1. The maximum Gasteiger partial charge on any atom is 0.410 e. The predicted octanol–water partition coefficient (Wildman–Crippen LogP) is 2.15. The van der Waals surface area contributed by atoms with Crippen molar-refractivity contribution >= 4 is 35.7 Å². The van der Waals surface area contributed by atoms with Crippen molar-refractivity contribution in [1.29, 1.82) is 0 Å². The number of carbonyl (C=O) groups is 3. The minimum Gasteiger partial charge on any atom is -0.467 e. The maximum atomic E-state index is 12.3. The van der Waals surface area contributed by atoms with Crippen LogP contribution in [0.3, 0.4) is 0 Å². The van der Waals surface area contributed by atoms with Gasteiger partial charge in [-0.3, -0.25) is 4.79 Å². The third kappa shape index (κ3) is 10.9. The van der Waals surface area contributed by atoms with Gasteiger partial charge in [-0.05, 0) is 46.6 Å². The molecule has 1 aromatic rings. The third-order valence-corrected chi connectivity index (χ3v) is 4.85. The molecule has 0 unspecified atom stereocenters. The van der Waals surface area contributed by atoms with Crippen LogP contribution in [0.25, 0.3) is 0 Å². The molecule has 1 atom stereocenters. The highest BCUT2D eigenvalue weighted by atomic mass is 32.2. The smallest absolute Gasteiger partial charge is 0.410 e. The first-order valence-corrected chi connectivity index (χ1v) is 10.9. The highest BCUT2D eigenvalue weighted by Gasteiger charge is 2.23. The van der Waals surface area contributed by atoms with E-state index in [0.717, 1.165) is 5.69 Å². The van der Waals surface area contributed by atoms with Crippen molar-refractivity contribution in [3.05, 3.63) is 11.8 Å². The van der Waals surface area contributed by atoms with E-state index in [-0.39, 0.29) is 18.3 Å². The van der Waals surface area contributed by atoms with Crippen LogP contribution in [-0.4, -0.2) is 70.9 Å². The summed E-state index contributed by atoms with van der Waals surface area (Å²) in [5.41, 5.74) is 5.79. The van der Waals surface area contributed by atoms with Gasteiger partial charge in [0.1, 0.15) is 16.7 Å². The molecule has 1 heterocycles. The van der Waals surface area contributed by atoms with Crippen LogP contribution in [0.1, 0.15) is 45.7 Å². The van der Waals surface area contributed by atoms with Gasteiger partial charge in [0, 0.05) is 31.5 Å². The molecule has 11 heteroatoms. The molecule has 0 bridgehead atoms. The first-order valence-electron chi connectivity index (χ1n) is 9.96. The Bertz CT molecular complexity index is 749. The fraction of sp³-hybridized carbons (Fsp3) is 0.650. The monoisotopic (exact) mass is 455 g/mol. The van der Waals surface area contributed by atoms with Crippen LogP contribution in [0.2, 0.25) is 0 Å². The van der Waals surface area contributed by atoms with E-state index in [0.29, 0.717) is 30.2 Å². The number of esters is 1. The van der Waals surface area contributed by atoms with E-state index < -0.39 is 23.7 Å². The van der Waals surface area contributed by atoms with Crippen LogP contribution >= 0.6 is 11.8 Å². The third-order valence-electron chi connectivity index (χ3n) is 3.94. The highest BCUT2D eigenvalue weighted by Crippen LogP contribution is 2.18. The zero-order chi connectivity index (χ0) is 23.6. The molecule has 3 N–H and O–H groups in total. The molecule has 31 heavy (non-hydrogen) atoms. The van der Waals surface area contributed by atoms with Gasteiger partial charge < -0.3 is 25.4 Å². The number of rotatable bonds is 10. The Kier molecular flexibility index (Phi) is 10.5. The number of hydrogen-bond acceptors (Lipinski definition) is 9. The molecule has 0 aromatic carbocycles. The summed E-state index contributed by atoms with van der Waals surface area (Å²) >= 11 is 1.38. The lowest BCUT2D eigenvalue weighted by Crippen LogP contribution is -2.42. The molecule has 0 aliphatic carbocycles. The molecule has 2 amide bonds. The molecule has 0 fully saturated rings. The number of nitrogens with one attached hydrogen (secondary N) is 1. The predicted molar refractivity (Wildman–Crippen MR) is 119 cm³/mol. The number of ether oxygens (including phenoxy) is 2. The number of aryl methyl sites for hydroxylation is 1. The number of carbonyl (C=O) groups excluding carboxylic acids is 3. The minimum absolute atomic E-state index is 0.189. The van der Waals surface area contributed by atoms with E-state index in [2.05, 4.69) is 15.3 Å². The average molecular weight is 456 g/mol. The molecular formula is C20H33N5O5S. The summed E-state index contributed by atoms with van der Waals surface area (Å²) in [4.78, 5) is 45.9. The summed E-state index contributed by atoms with van der Waals surface area (Å²) in [7, 11) is 2.89. The number of methoxy groups -OCH3 is 1. The number of anilines is 1. The molecule has 174 valence electrons. The van der Waals surface area contributed by atoms with Crippen LogP contribution in [0.15, 0.2) is 11.1 Å². The van der Waals surface area contributed by atoms with Gasteiger partial charge in [-0.25, -0.2) is 19.6 Å². The van der Waals surface area contributed by atoms with Gasteiger partial charge in [0.25, 0.3) is 0 Å². The number of amides is 2. The van der Waals surface area contributed by atoms with Crippen molar-refractivity contribution in [2.75, 3.05) is 32.2 Å². The van der Waals surface area contributed by atoms with Crippen molar-refractivity contribution < 1.29 is 23.9 Å². The fourth-order valence-electron chi connectivity index (χ4n) is 2.51. The lowest BCUT2D eigenvalue weighted by molar-refractivity contribution is -0.145. The topological polar surface area (TPSA) is 137 Å². The quantitative estimate of drug-likeness (QED) is 0.309. The first kappa shape index (κ1) is 26.5. The average Bonchev–Trinajstić information content (AvgIpc) is 2.64. The zero-order valence-electron chi connectivity index (χ0n) is 19.1. The molecular weight excluding hydrogens is 422 g/mol. The Morgan fingerprint density at radius 3 is 2.55 bits per heavy atom. The van der Waals surface area contributed by atoms with Gasteiger partial charge in [0.2, 0.25) is 11.9 Å². The van der Waals surface area contributed by atoms with Gasteiger partial charge in [-0.2, -0.15) is 0 Å². The molecule has 1 rings (SSSR count). The summed E-state index contributed by atoms with van der Waals surface area (Å²) in [6.45, 7) is 7.57. The minimum atomic E-state index is -0.786. The number of hydrogen-bond donors (Lipinski definition) is 2. The van der Waals surface area contributed by atoms with Crippen LogP contribution in [0, 0.1) is 6.92 Å². The van der Waals surface area contributed by atoms with E-state index in [1.807, 2.05) is 6.92 Å². The van der Waals surface area contributed by atoms with Crippen molar-refractivity contribution in [1.82, 2.24) is 20.2 Å². The SMILES string of the molecule is COC(=O)[C@H](CCCN(C)C(=O)OC(C)(C)C)NC(=O)CCSc1cc(C)nc(N)n1. The Morgan fingerprint density at radius 2 is 1.97 bits per heavy atom. The van der Waals surface area contributed by atoms with E-state index in [9.17, 15) is 14.4 Å². The Hall–Kier alpha value is -2.56. The Labute approximate surface area is 187 Å². The molecule has 1 aromatic heterocycles. The molecule has 0 radical (unpaired) electrons. The van der Waals surface area contributed by atoms with Crippen LogP contribution in [-0.2, 0) is 19.1 Å². The zero-order valence-corrected chi connectivity index (χ0v) is 19.9. The van der Waals surface area contributed by atoms with E-state index in [4.69, 9.17) is 15.2 Å². The molecule has 0 aliphatic rings. The van der Waals surface area contributed by atoms with Gasteiger partial charge in [0.15, 0.2) is 0 Å². The van der Waals surface area contributed by atoms with E-state index in [1.165, 1.54) is 23.8 Å². The summed E-state index contributed by atoms with van der Waals surface area (Å²) in [6.07, 6.45) is 0.576. The molecule has 0 saturated carbocycles. The second-order valence-corrected chi connectivity index (χ2v) is 9.11. The van der Waals surface area contributed by atoms with Crippen molar-refractivity contribution in [3.63, 3.8) is 0 Å². The van der Waals surface area contributed by atoms with Crippen LogP contribution < -0.4 is 11.1 Å². The van der Waals surface area contributed by atoms with Crippen molar-refractivity contribution in [2.45, 2.75) is 63.6 Å². The molecule has 0 aliphatic heterocycles. The largest absolute Gasteiger partial charge is 0.467 e. The fourth-order valence-corrected chi connectivity index (χ4v) is 3.41. The number of nitrogen functional groups attached to an aromatic ring is 1. The Balaban J connectivity index is 2.47. The summed E-state index contributed by atoms with van der Waals surface area (Å²) in [6, 6.07) is 1.00. The summed E-state index contributed by atoms with van der Waals surface area (Å²) in [5, 5.41) is 3.39. The van der Waals surface area contributed by atoms with Crippen LogP contribution in [0.4, 0.5) is 10.7 Å². The second kappa shape index (κ2) is 12.3. The molecule has 0 saturated heterocycles. The Morgan fingerprint density at radius 1 is 1.29 bits per heavy atom.